The average molecular weight is 276 g/mol. The number of carbonyl (C=O) groups is 1. The van der Waals surface area contributed by atoms with Crippen LogP contribution in [-0.4, -0.2) is 25.7 Å². The van der Waals surface area contributed by atoms with Crippen molar-refractivity contribution in [2.75, 3.05) is 19.6 Å². The molecule has 110 valence electrons. The maximum absolute atomic E-state index is 11.7. The monoisotopic (exact) mass is 276 g/mol. The van der Waals surface area contributed by atoms with Crippen molar-refractivity contribution in [3.05, 3.63) is 35.9 Å². The van der Waals surface area contributed by atoms with E-state index < -0.39 is 0 Å². The minimum atomic E-state index is -0.321. The van der Waals surface area contributed by atoms with Gasteiger partial charge in [-0.25, -0.2) is 4.79 Å². The van der Waals surface area contributed by atoms with Gasteiger partial charge in [0, 0.05) is 6.54 Å². The summed E-state index contributed by atoms with van der Waals surface area (Å²) in [4.78, 5) is 11.7. The molecular weight excluding hydrogens is 252 g/mol. The first-order chi connectivity index (χ1) is 9.75. The zero-order valence-corrected chi connectivity index (χ0v) is 12.1. The third-order valence-electron chi connectivity index (χ3n) is 3.99. The van der Waals surface area contributed by atoms with Crippen molar-refractivity contribution in [2.45, 2.75) is 26.4 Å². The third-order valence-corrected chi connectivity index (χ3v) is 3.99. The van der Waals surface area contributed by atoms with E-state index in [1.165, 1.54) is 6.42 Å². The van der Waals surface area contributed by atoms with Crippen molar-refractivity contribution in [1.29, 1.82) is 0 Å². The summed E-state index contributed by atoms with van der Waals surface area (Å²) in [6.07, 6.45) is 1.96. The Kier molecular flexibility index (Phi) is 5.87. The Labute approximate surface area is 120 Å². The molecular formula is C16H24N2O2. The zero-order chi connectivity index (χ0) is 14.2. The molecule has 1 heterocycles. The fraction of sp³-hybridized carbons (Fsp3) is 0.562. The Hall–Kier alpha value is -1.55. The van der Waals surface area contributed by atoms with E-state index in [9.17, 15) is 4.79 Å². The SMILES string of the molecule is C[C@H]1CCNCC[C@@H]1CNC(=O)OCc1ccccc1. The predicted octanol–water partition coefficient (Wildman–Crippen LogP) is 2.55. The zero-order valence-electron chi connectivity index (χ0n) is 12.1. The number of hydrogen-bond donors (Lipinski definition) is 2. The van der Waals surface area contributed by atoms with Crippen molar-refractivity contribution < 1.29 is 9.53 Å². The summed E-state index contributed by atoms with van der Waals surface area (Å²) >= 11 is 0. The normalized spacial score (nSPS) is 22.9. The second-order valence-electron chi connectivity index (χ2n) is 5.51. The molecule has 1 aromatic carbocycles. The predicted molar refractivity (Wildman–Crippen MR) is 79.4 cm³/mol. The molecule has 1 aromatic rings. The number of rotatable bonds is 4. The Morgan fingerprint density at radius 3 is 2.85 bits per heavy atom. The lowest BCUT2D eigenvalue weighted by molar-refractivity contribution is 0.136. The van der Waals surface area contributed by atoms with Gasteiger partial charge >= 0.3 is 6.09 Å². The third kappa shape index (κ3) is 4.85. The Morgan fingerprint density at radius 2 is 2.05 bits per heavy atom. The van der Waals surface area contributed by atoms with Gasteiger partial charge in [-0.3, -0.25) is 0 Å². The lowest BCUT2D eigenvalue weighted by Crippen LogP contribution is -2.32. The van der Waals surface area contributed by atoms with Gasteiger partial charge in [-0.2, -0.15) is 0 Å². The van der Waals surface area contributed by atoms with E-state index in [-0.39, 0.29) is 6.09 Å². The molecule has 0 aromatic heterocycles. The summed E-state index contributed by atoms with van der Waals surface area (Å²) in [5, 5.41) is 6.29. The second kappa shape index (κ2) is 7.90. The molecule has 0 saturated carbocycles. The topological polar surface area (TPSA) is 50.4 Å². The molecule has 4 nitrogen and oxygen atoms in total. The van der Waals surface area contributed by atoms with Gasteiger partial charge in [0.15, 0.2) is 0 Å². The van der Waals surface area contributed by atoms with Gasteiger partial charge in [0.05, 0.1) is 0 Å². The van der Waals surface area contributed by atoms with E-state index in [4.69, 9.17) is 4.74 Å². The molecule has 2 atom stereocenters. The first kappa shape index (κ1) is 14.9. The van der Waals surface area contributed by atoms with E-state index in [0.717, 1.165) is 25.1 Å². The number of alkyl carbamates (subject to hydrolysis) is 1. The standard InChI is InChI=1S/C16H24N2O2/c1-13-7-9-17-10-8-15(13)11-18-16(19)20-12-14-5-3-2-4-6-14/h2-6,13,15,17H,7-12H2,1H3,(H,18,19)/t13-,15+/m0/s1. The molecule has 0 spiro atoms. The first-order valence-corrected chi connectivity index (χ1v) is 7.41. The molecule has 1 aliphatic heterocycles. The highest BCUT2D eigenvalue weighted by Crippen LogP contribution is 2.20. The minimum absolute atomic E-state index is 0.321. The van der Waals surface area contributed by atoms with Gasteiger partial charge in [0.25, 0.3) is 0 Å². The Bertz CT molecular complexity index is 408. The van der Waals surface area contributed by atoms with Crippen molar-refractivity contribution in [3.63, 3.8) is 0 Å². The maximum Gasteiger partial charge on any atom is 0.407 e. The van der Waals surface area contributed by atoms with Gasteiger partial charge in [-0.05, 0) is 43.3 Å². The second-order valence-corrected chi connectivity index (χ2v) is 5.51. The van der Waals surface area contributed by atoms with Crippen LogP contribution in [0.25, 0.3) is 0 Å². The molecule has 2 N–H and O–H groups in total. The van der Waals surface area contributed by atoms with Gasteiger partial charge in [0.2, 0.25) is 0 Å². The summed E-state index contributed by atoms with van der Waals surface area (Å²) in [6.45, 7) is 5.41. The van der Waals surface area contributed by atoms with Crippen LogP contribution in [-0.2, 0) is 11.3 Å². The molecule has 1 aliphatic rings. The molecule has 1 fully saturated rings. The average Bonchev–Trinajstić information content (AvgIpc) is 2.68. The highest BCUT2D eigenvalue weighted by Gasteiger charge is 2.20. The molecule has 1 amide bonds. The molecule has 20 heavy (non-hydrogen) atoms. The molecule has 4 heteroatoms. The Morgan fingerprint density at radius 1 is 1.30 bits per heavy atom. The van der Waals surface area contributed by atoms with Crippen LogP contribution in [0.1, 0.15) is 25.3 Å². The van der Waals surface area contributed by atoms with E-state index >= 15 is 0 Å². The number of amides is 1. The molecule has 1 saturated heterocycles. The highest BCUT2D eigenvalue weighted by molar-refractivity contribution is 5.67. The lowest BCUT2D eigenvalue weighted by atomic mass is 9.90. The van der Waals surface area contributed by atoms with E-state index in [1.807, 2.05) is 30.3 Å². The van der Waals surface area contributed by atoms with Crippen LogP contribution in [0.15, 0.2) is 30.3 Å². The number of carbonyl (C=O) groups excluding carboxylic acids is 1. The highest BCUT2D eigenvalue weighted by atomic mass is 16.5. The first-order valence-electron chi connectivity index (χ1n) is 7.41. The summed E-state index contributed by atoms with van der Waals surface area (Å²) in [5.74, 6) is 1.17. The molecule has 0 bridgehead atoms. The van der Waals surface area contributed by atoms with Crippen molar-refractivity contribution >= 4 is 6.09 Å². The molecule has 0 aliphatic carbocycles. The van der Waals surface area contributed by atoms with Crippen molar-refractivity contribution in [2.24, 2.45) is 11.8 Å². The summed E-state index contributed by atoms with van der Waals surface area (Å²) in [6, 6.07) is 9.73. The van der Waals surface area contributed by atoms with E-state index in [1.54, 1.807) is 0 Å². The van der Waals surface area contributed by atoms with Crippen LogP contribution in [0.5, 0.6) is 0 Å². The van der Waals surface area contributed by atoms with Crippen molar-refractivity contribution in [3.8, 4) is 0 Å². The van der Waals surface area contributed by atoms with Crippen LogP contribution in [0.4, 0.5) is 4.79 Å². The van der Waals surface area contributed by atoms with E-state index in [0.29, 0.717) is 25.0 Å². The fourth-order valence-corrected chi connectivity index (χ4v) is 2.55. The number of hydrogen-bond acceptors (Lipinski definition) is 3. The van der Waals surface area contributed by atoms with Crippen LogP contribution in [0.2, 0.25) is 0 Å². The maximum atomic E-state index is 11.7. The van der Waals surface area contributed by atoms with E-state index in [2.05, 4.69) is 17.6 Å². The number of ether oxygens (including phenoxy) is 1. The minimum Gasteiger partial charge on any atom is -0.445 e. The summed E-state index contributed by atoms with van der Waals surface area (Å²) in [7, 11) is 0. The van der Waals surface area contributed by atoms with Crippen LogP contribution >= 0.6 is 0 Å². The van der Waals surface area contributed by atoms with Gasteiger partial charge in [-0.15, -0.1) is 0 Å². The smallest absolute Gasteiger partial charge is 0.407 e. The van der Waals surface area contributed by atoms with Crippen LogP contribution < -0.4 is 10.6 Å². The number of benzene rings is 1. The van der Waals surface area contributed by atoms with Crippen LogP contribution in [0.3, 0.4) is 0 Å². The summed E-state index contributed by atoms with van der Waals surface area (Å²) < 4.78 is 5.22. The Balaban J connectivity index is 1.69. The van der Waals surface area contributed by atoms with Gasteiger partial charge < -0.3 is 15.4 Å². The fourth-order valence-electron chi connectivity index (χ4n) is 2.55. The largest absolute Gasteiger partial charge is 0.445 e. The van der Waals surface area contributed by atoms with Crippen molar-refractivity contribution in [1.82, 2.24) is 10.6 Å². The molecule has 2 rings (SSSR count). The quantitative estimate of drug-likeness (QED) is 0.888. The lowest BCUT2D eigenvalue weighted by Gasteiger charge is -2.21. The summed E-state index contributed by atoms with van der Waals surface area (Å²) in [5.41, 5.74) is 1.01. The molecule has 0 radical (unpaired) electrons. The van der Waals surface area contributed by atoms with Crippen LogP contribution in [0, 0.1) is 11.8 Å². The van der Waals surface area contributed by atoms with Gasteiger partial charge in [-0.1, -0.05) is 37.3 Å². The number of nitrogens with one attached hydrogen (secondary N) is 2. The molecule has 0 unspecified atom stereocenters. The van der Waals surface area contributed by atoms with Gasteiger partial charge in [0.1, 0.15) is 6.61 Å².